The second-order valence-corrected chi connectivity index (χ2v) is 4.90. The summed E-state index contributed by atoms with van der Waals surface area (Å²) in [5, 5.41) is 2.82. The van der Waals surface area contributed by atoms with Crippen LogP contribution in [0.25, 0.3) is 0 Å². The van der Waals surface area contributed by atoms with E-state index >= 15 is 0 Å². The van der Waals surface area contributed by atoms with Gasteiger partial charge in [-0.05, 0) is 47.3 Å². The molecular formula is C12H15BrN2O2. The molecule has 0 bridgehead atoms. The summed E-state index contributed by atoms with van der Waals surface area (Å²) in [4.78, 5) is 15.7. The summed E-state index contributed by atoms with van der Waals surface area (Å²) in [5.41, 5.74) is 0.727. The average molecular weight is 299 g/mol. The number of anilines is 1. The van der Waals surface area contributed by atoms with Gasteiger partial charge in [0.1, 0.15) is 4.60 Å². The molecule has 1 aliphatic heterocycles. The maximum atomic E-state index is 11.6. The van der Waals surface area contributed by atoms with Crippen LogP contribution >= 0.6 is 15.9 Å². The van der Waals surface area contributed by atoms with Crippen molar-refractivity contribution < 1.29 is 9.53 Å². The number of rotatable bonds is 4. The largest absolute Gasteiger partial charge is 0.378 e. The van der Waals surface area contributed by atoms with Gasteiger partial charge in [0.05, 0.1) is 18.0 Å². The number of pyridine rings is 1. The Morgan fingerprint density at radius 2 is 2.47 bits per heavy atom. The minimum absolute atomic E-state index is 0.0182. The minimum atomic E-state index is 0.0182. The highest BCUT2D eigenvalue weighted by Gasteiger charge is 2.16. The highest BCUT2D eigenvalue weighted by molar-refractivity contribution is 9.10. The van der Waals surface area contributed by atoms with Crippen LogP contribution < -0.4 is 5.32 Å². The van der Waals surface area contributed by atoms with E-state index in [1.165, 1.54) is 0 Å². The van der Waals surface area contributed by atoms with E-state index in [-0.39, 0.29) is 12.0 Å². The number of ether oxygens (including phenoxy) is 1. The number of nitrogens with one attached hydrogen (secondary N) is 1. The molecule has 0 spiro atoms. The smallest absolute Gasteiger partial charge is 0.224 e. The van der Waals surface area contributed by atoms with Crippen molar-refractivity contribution in [2.75, 3.05) is 11.9 Å². The molecule has 1 aromatic heterocycles. The Balaban J connectivity index is 1.74. The van der Waals surface area contributed by atoms with E-state index in [0.717, 1.165) is 36.2 Å². The third-order valence-electron chi connectivity index (χ3n) is 2.73. The zero-order chi connectivity index (χ0) is 12.1. The van der Waals surface area contributed by atoms with E-state index < -0.39 is 0 Å². The van der Waals surface area contributed by atoms with Crippen molar-refractivity contribution in [2.45, 2.75) is 31.8 Å². The first-order chi connectivity index (χ1) is 8.24. The normalized spacial score (nSPS) is 19.2. The van der Waals surface area contributed by atoms with Crippen LogP contribution in [0.3, 0.4) is 0 Å². The lowest BCUT2D eigenvalue weighted by Crippen LogP contribution is -2.15. The highest BCUT2D eigenvalue weighted by Crippen LogP contribution is 2.17. The number of halogens is 1. The summed E-state index contributed by atoms with van der Waals surface area (Å²) >= 11 is 3.25. The molecule has 92 valence electrons. The van der Waals surface area contributed by atoms with Gasteiger partial charge in [-0.2, -0.15) is 0 Å². The standard InChI is InChI=1S/C12H15BrN2O2/c13-11-5-3-9(8-14-11)15-12(16)6-4-10-2-1-7-17-10/h3,5,8,10H,1-2,4,6-7H2,(H,15,16). The highest BCUT2D eigenvalue weighted by atomic mass is 79.9. The van der Waals surface area contributed by atoms with Crippen LogP contribution in [0, 0.1) is 0 Å². The summed E-state index contributed by atoms with van der Waals surface area (Å²) in [7, 11) is 0. The summed E-state index contributed by atoms with van der Waals surface area (Å²) in [6.07, 6.45) is 5.39. The van der Waals surface area contributed by atoms with Gasteiger partial charge in [0.15, 0.2) is 0 Å². The maximum Gasteiger partial charge on any atom is 0.224 e. The number of aromatic nitrogens is 1. The van der Waals surface area contributed by atoms with E-state index in [1.54, 1.807) is 12.3 Å². The fourth-order valence-corrected chi connectivity index (χ4v) is 2.07. The molecule has 1 fully saturated rings. The van der Waals surface area contributed by atoms with Crippen molar-refractivity contribution in [3.05, 3.63) is 22.9 Å². The summed E-state index contributed by atoms with van der Waals surface area (Å²) in [6.45, 7) is 0.836. The molecule has 0 saturated carbocycles. The van der Waals surface area contributed by atoms with Crippen LogP contribution in [0.1, 0.15) is 25.7 Å². The molecule has 1 unspecified atom stereocenters. The van der Waals surface area contributed by atoms with Crippen LogP contribution in [0.5, 0.6) is 0 Å². The Morgan fingerprint density at radius 1 is 1.59 bits per heavy atom. The Kier molecular flexibility index (Phi) is 4.50. The third kappa shape index (κ3) is 4.09. The molecule has 17 heavy (non-hydrogen) atoms. The van der Waals surface area contributed by atoms with Crippen molar-refractivity contribution in [2.24, 2.45) is 0 Å². The maximum absolute atomic E-state index is 11.6. The number of carbonyl (C=O) groups excluding carboxylic acids is 1. The molecule has 1 saturated heterocycles. The fraction of sp³-hybridized carbons (Fsp3) is 0.500. The number of hydrogen-bond acceptors (Lipinski definition) is 3. The average Bonchev–Trinajstić information content (AvgIpc) is 2.83. The lowest BCUT2D eigenvalue weighted by molar-refractivity contribution is -0.116. The molecular weight excluding hydrogens is 284 g/mol. The van der Waals surface area contributed by atoms with Crippen LogP contribution in [0.4, 0.5) is 5.69 Å². The van der Waals surface area contributed by atoms with Gasteiger partial charge in [-0.1, -0.05) is 0 Å². The van der Waals surface area contributed by atoms with Crippen molar-refractivity contribution in [3.63, 3.8) is 0 Å². The van der Waals surface area contributed by atoms with Gasteiger partial charge in [0, 0.05) is 13.0 Å². The molecule has 0 aromatic carbocycles. The monoisotopic (exact) mass is 298 g/mol. The Morgan fingerprint density at radius 3 is 3.12 bits per heavy atom. The van der Waals surface area contributed by atoms with Gasteiger partial charge < -0.3 is 10.1 Å². The second-order valence-electron chi connectivity index (χ2n) is 4.09. The SMILES string of the molecule is O=C(CCC1CCCO1)Nc1ccc(Br)nc1. The predicted octanol–water partition coefficient (Wildman–Crippen LogP) is 2.74. The summed E-state index contributed by atoms with van der Waals surface area (Å²) in [5.74, 6) is 0.0182. The predicted molar refractivity (Wildman–Crippen MR) is 68.8 cm³/mol. The number of nitrogens with zero attached hydrogens (tertiary/aromatic N) is 1. The van der Waals surface area contributed by atoms with Gasteiger partial charge >= 0.3 is 0 Å². The lowest BCUT2D eigenvalue weighted by Gasteiger charge is -2.09. The molecule has 1 amide bonds. The van der Waals surface area contributed by atoms with Crippen LogP contribution in [-0.2, 0) is 9.53 Å². The Bertz CT molecular complexity index is 375. The van der Waals surface area contributed by atoms with Gasteiger partial charge in [-0.25, -0.2) is 4.98 Å². The van der Waals surface area contributed by atoms with E-state index in [0.29, 0.717) is 6.42 Å². The van der Waals surface area contributed by atoms with Crippen molar-refractivity contribution in [1.82, 2.24) is 4.98 Å². The summed E-state index contributed by atoms with van der Waals surface area (Å²) in [6, 6.07) is 3.62. The summed E-state index contributed by atoms with van der Waals surface area (Å²) < 4.78 is 6.23. The van der Waals surface area contributed by atoms with E-state index in [4.69, 9.17) is 4.74 Å². The zero-order valence-corrected chi connectivity index (χ0v) is 11.1. The van der Waals surface area contributed by atoms with Crippen LogP contribution in [0.15, 0.2) is 22.9 Å². The number of carbonyl (C=O) groups is 1. The molecule has 1 aromatic rings. The number of amides is 1. The Hall–Kier alpha value is -0.940. The van der Waals surface area contributed by atoms with Crippen LogP contribution in [0.2, 0.25) is 0 Å². The van der Waals surface area contributed by atoms with Gasteiger partial charge in [-0.3, -0.25) is 4.79 Å². The molecule has 1 atom stereocenters. The topological polar surface area (TPSA) is 51.2 Å². The minimum Gasteiger partial charge on any atom is -0.378 e. The van der Waals surface area contributed by atoms with Gasteiger partial charge in [0.25, 0.3) is 0 Å². The molecule has 0 radical (unpaired) electrons. The van der Waals surface area contributed by atoms with Gasteiger partial charge in [-0.15, -0.1) is 0 Å². The zero-order valence-electron chi connectivity index (χ0n) is 9.49. The molecule has 1 aliphatic rings. The van der Waals surface area contributed by atoms with Gasteiger partial charge in [0.2, 0.25) is 5.91 Å². The first-order valence-corrected chi connectivity index (χ1v) is 6.56. The van der Waals surface area contributed by atoms with Crippen molar-refractivity contribution in [1.29, 1.82) is 0 Å². The first-order valence-electron chi connectivity index (χ1n) is 5.77. The molecule has 2 heterocycles. The molecule has 0 aliphatic carbocycles. The fourth-order valence-electron chi connectivity index (χ4n) is 1.84. The second kappa shape index (κ2) is 6.12. The van der Waals surface area contributed by atoms with E-state index in [1.807, 2.05) is 6.07 Å². The van der Waals surface area contributed by atoms with E-state index in [2.05, 4.69) is 26.2 Å². The third-order valence-corrected chi connectivity index (χ3v) is 3.20. The van der Waals surface area contributed by atoms with Crippen LogP contribution in [-0.4, -0.2) is 23.6 Å². The first kappa shape index (κ1) is 12.5. The molecule has 5 heteroatoms. The molecule has 2 rings (SSSR count). The quantitative estimate of drug-likeness (QED) is 0.870. The van der Waals surface area contributed by atoms with Crippen molar-refractivity contribution in [3.8, 4) is 0 Å². The molecule has 1 N–H and O–H groups in total. The molecule has 4 nitrogen and oxygen atoms in total. The number of hydrogen-bond donors (Lipinski definition) is 1. The lowest BCUT2D eigenvalue weighted by atomic mass is 10.1. The van der Waals surface area contributed by atoms with E-state index in [9.17, 15) is 4.79 Å². The Labute approximate surface area is 109 Å². The van der Waals surface area contributed by atoms with Crippen molar-refractivity contribution >= 4 is 27.5 Å².